The Morgan fingerprint density at radius 1 is 1.06 bits per heavy atom. The van der Waals surface area contributed by atoms with Crippen LogP contribution in [0.1, 0.15) is 30.2 Å². The summed E-state index contributed by atoms with van der Waals surface area (Å²) < 4.78 is 30.0. The lowest BCUT2D eigenvalue weighted by Crippen LogP contribution is -2.26. The van der Waals surface area contributed by atoms with Crippen LogP contribution in [0.15, 0.2) is 60.0 Å². The molecule has 0 spiro atoms. The molecule has 32 heavy (non-hydrogen) atoms. The lowest BCUT2D eigenvalue weighted by atomic mass is 9.89. The molecule has 1 N–H and O–H groups in total. The minimum absolute atomic E-state index is 0.186. The van der Waals surface area contributed by atoms with E-state index in [9.17, 15) is 8.42 Å². The van der Waals surface area contributed by atoms with Gasteiger partial charge in [0.15, 0.2) is 0 Å². The quantitative estimate of drug-likeness (QED) is 0.597. The highest BCUT2D eigenvalue weighted by atomic mass is 32.2. The third-order valence-electron chi connectivity index (χ3n) is 6.91. The van der Waals surface area contributed by atoms with Crippen molar-refractivity contribution in [1.82, 2.24) is 19.3 Å². The zero-order chi connectivity index (χ0) is 22.1. The van der Waals surface area contributed by atoms with Crippen LogP contribution in [0.3, 0.4) is 0 Å². The summed E-state index contributed by atoms with van der Waals surface area (Å²) in [6, 6.07) is 12.3. The monoisotopic (exact) mass is 451 g/mol. The predicted molar refractivity (Wildman–Crippen MR) is 124 cm³/mol. The van der Waals surface area contributed by atoms with Gasteiger partial charge in [-0.1, -0.05) is 24.3 Å². The summed E-state index contributed by atoms with van der Waals surface area (Å²) in [6.07, 6.45) is 8.35. The van der Waals surface area contributed by atoms with Gasteiger partial charge in [0, 0.05) is 32.0 Å². The molecule has 3 aromatic rings. The lowest BCUT2D eigenvalue weighted by Gasteiger charge is -2.20. The molecule has 0 bridgehead atoms. The van der Waals surface area contributed by atoms with Gasteiger partial charge < -0.3 is 9.47 Å². The Morgan fingerprint density at radius 3 is 2.53 bits per heavy atom. The normalized spacial score (nSPS) is 18.9. The van der Waals surface area contributed by atoms with Gasteiger partial charge in [-0.3, -0.25) is 0 Å². The van der Waals surface area contributed by atoms with E-state index in [0.717, 1.165) is 37.6 Å². The van der Waals surface area contributed by atoms with Gasteiger partial charge >= 0.3 is 0 Å². The summed E-state index contributed by atoms with van der Waals surface area (Å²) >= 11 is 0. The number of fused-ring (bicyclic) bond motifs is 1. The molecular weight excluding hydrogens is 422 g/mol. The maximum atomic E-state index is 12.7. The van der Waals surface area contributed by atoms with Gasteiger partial charge in [-0.15, -0.1) is 0 Å². The highest BCUT2D eigenvalue weighted by Crippen LogP contribution is 2.36. The predicted octanol–water partition coefficient (Wildman–Crippen LogP) is 3.02. The second kappa shape index (κ2) is 8.67. The van der Waals surface area contributed by atoms with Crippen LogP contribution in [-0.2, 0) is 36.0 Å². The Balaban J connectivity index is 1.20. The Bertz CT molecular complexity index is 1160. The number of anilines is 1. The van der Waals surface area contributed by atoms with Crippen molar-refractivity contribution in [2.24, 2.45) is 11.8 Å². The van der Waals surface area contributed by atoms with E-state index in [0.29, 0.717) is 11.8 Å². The summed E-state index contributed by atoms with van der Waals surface area (Å²) in [4.78, 5) is 11.0. The summed E-state index contributed by atoms with van der Waals surface area (Å²) in [5.74, 6) is 2.20. The van der Waals surface area contributed by atoms with Crippen molar-refractivity contribution in [2.45, 2.75) is 44.2 Å². The maximum absolute atomic E-state index is 12.7. The number of aromatic nitrogens is 3. The first-order valence-electron chi connectivity index (χ1n) is 11.3. The number of imidazole rings is 1. The summed E-state index contributed by atoms with van der Waals surface area (Å²) in [5.41, 5.74) is 3.83. The molecule has 0 saturated carbocycles. The fraction of sp³-hybridized carbons (Fsp3) is 0.417. The molecule has 1 unspecified atom stereocenters. The van der Waals surface area contributed by atoms with Gasteiger partial charge in [0.25, 0.3) is 0 Å². The molecule has 1 aliphatic carbocycles. The van der Waals surface area contributed by atoms with Crippen LogP contribution in [-0.4, -0.2) is 36.0 Å². The fourth-order valence-electron chi connectivity index (χ4n) is 5.06. The zero-order valence-electron chi connectivity index (χ0n) is 18.3. The topological polar surface area (TPSA) is 80.1 Å². The zero-order valence-corrected chi connectivity index (χ0v) is 19.1. The molecule has 2 aromatic heterocycles. The van der Waals surface area contributed by atoms with E-state index < -0.39 is 10.0 Å². The van der Waals surface area contributed by atoms with Gasteiger partial charge in [0.2, 0.25) is 10.0 Å². The number of pyridine rings is 1. The smallest absolute Gasteiger partial charge is 0.242 e. The van der Waals surface area contributed by atoms with E-state index in [1.165, 1.54) is 30.2 Å². The van der Waals surface area contributed by atoms with Crippen molar-refractivity contribution in [1.29, 1.82) is 0 Å². The molecule has 1 atom stereocenters. The van der Waals surface area contributed by atoms with Gasteiger partial charge in [0.05, 0.1) is 18.6 Å². The molecule has 0 radical (unpaired) electrons. The standard InChI is InChI=1S/C24H29N5O2S/c1-2-28-17-25-13-22(28)14-27-32(30,31)23-7-8-24(26-15-23)29-10-9-20(16-29)21-11-18-5-3-4-6-19(18)12-21/h3-8,13,15,17,20-21,27H,2,9-12,14,16H2,1H3. The number of sulfonamides is 1. The number of nitrogens with zero attached hydrogens (tertiary/aromatic N) is 4. The molecule has 1 aromatic carbocycles. The largest absolute Gasteiger partial charge is 0.356 e. The van der Waals surface area contributed by atoms with Gasteiger partial charge in [-0.05, 0) is 61.3 Å². The van der Waals surface area contributed by atoms with Crippen LogP contribution in [0.25, 0.3) is 0 Å². The van der Waals surface area contributed by atoms with Gasteiger partial charge in [-0.25, -0.2) is 23.1 Å². The van der Waals surface area contributed by atoms with E-state index in [2.05, 4.69) is 43.9 Å². The SMILES string of the molecule is CCn1cncc1CNS(=O)(=O)c1ccc(N2CCC(C3Cc4ccccc4C3)C2)nc1. The second-order valence-corrected chi connectivity index (χ2v) is 10.5. The minimum Gasteiger partial charge on any atom is -0.356 e. The van der Waals surface area contributed by atoms with Crippen LogP contribution in [0.4, 0.5) is 5.82 Å². The number of aryl methyl sites for hydroxylation is 1. The van der Waals surface area contributed by atoms with Crippen molar-refractivity contribution in [3.8, 4) is 0 Å². The maximum Gasteiger partial charge on any atom is 0.242 e. The Labute approximate surface area is 189 Å². The van der Waals surface area contributed by atoms with Crippen LogP contribution in [0.5, 0.6) is 0 Å². The minimum atomic E-state index is -3.63. The van der Waals surface area contributed by atoms with E-state index in [1.807, 2.05) is 17.6 Å². The number of benzene rings is 1. The first kappa shape index (κ1) is 21.2. The molecule has 1 saturated heterocycles. The summed E-state index contributed by atoms with van der Waals surface area (Å²) in [7, 11) is -3.63. The summed E-state index contributed by atoms with van der Waals surface area (Å²) in [5, 5.41) is 0. The molecule has 1 aliphatic heterocycles. The Hall–Kier alpha value is -2.71. The molecule has 1 fully saturated rings. The molecule has 7 nitrogen and oxygen atoms in total. The molecule has 5 rings (SSSR count). The number of hydrogen-bond donors (Lipinski definition) is 1. The highest BCUT2D eigenvalue weighted by Gasteiger charge is 2.33. The third kappa shape index (κ3) is 4.17. The van der Waals surface area contributed by atoms with Crippen LogP contribution >= 0.6 is 0 Å². The van der Waals surface area contributed by atoms with Gasteiger partial charge in [-0.2, -0.15) is 0 Å². The Morgan fingerprint density at radius 2 is 1.84 bits per heavy atom. The number of nitrogens with one attached hydrogen (secondary N) is 1. The van der Waals surface area contributed by atoms with Crippen molar-refractivity contribution >= 4 is 15.8 Å². The molecule has 168 valence electrons. The van der Waals surface area contributed by atoms with E-state index in [1.54, 1.807) is 18.6 Å². The first-order chi connectivity index (χ1) is 15.5. The van der Waals surface area contributed by atoms with E-state index in [-0.39, 0.29) is 11.4 Å². The van der Waals surface area contributed by atoms with Crippen molar-refractivity contribution in [3.05, 3.63) is 71.9 Å². The molecule has 0 amide bonds. The first-order valence-corrected chi connectivity index (χ1v) is 12.8. The van der Waals surface area contributed by atoms with Crippen molar-refractivity contribution < 1.29 is 8.42 Å². The van der Waals surface area contributed by atoms with Crippen LogP contribution in [0, 0.1) is 11.8 Å². The lowest BCUT2D eigenvalue weighted by molar-refractivity contribution is 0.376. The second-order valence-electron chi connectivity index (χ2n) is 8.78. The fourth-order valence-corrected chi connectivity index (χ4v) is 6.00. The number of rotatable bonds is 7. The molecule has 2 aliphatic rings. The van der Waals surface area contributed by atoms with Crippen LogP contribution in [0.2, 0.25) is 0 Å². The molecule has 8 heteroatoms. The number of hydrogen-bond acceptors (Lipinski definition) is 5. The third-order valence-corrected chi connectivity index (χ3v) is 8.30. The molecular formula is C24H29N5O2S. The van der Waals surface area contributed by atoms with E-state index in [4.69, 9.17) is 0 Å². The average Bonchev–Trinajstić information content (AvgIpc) is 3.56. The van der Waals surface area contributed by atoms with Gasteiger partial charge in [0.1, 0.15) is 10.7 Å². The van der Waals surface area contributed by atoms with Crippen molar-refractivity contribution in [2.75, 3.05) is 18.0 Å². The average molecular weight is 452 g/mol. The molecule has 3 heterocycles. The van der Waals surface area contributed by atoms with Crippen LogP contribution < -0.4 is 9.62 Å². The highest BCUT2D eigenvalue weighted by molar-refractivity contribution is 7.89. The Kier molecular flexibility index (Phi) is 5.73. The van der Waals surface area contributed by atoms with E-state index >= 15 is 0 Å². The van der Waals surface area contributed by atoms with Crippen molar-refractivity contribution in [3.63, 3.8) is 0 Å². The summed E-state index contributed by atoms with van der Waals surface area (Å²) in [6.45, 7) is 4.90.